The molecule has 0 aliphatic heterocycles. The molecule has 4 nitrogen and oxygen atoms in total. The van der Waals surface area contributed by atoms with E-state index in [2.05, 4.69) is 16.7 Å². The SMILES string of the molecule is N#Cc1ccc(CNc2ccc(C(=O)NC3CC3)cc2)s1. The molecule has 1 amide bonds. The Kier molecular flexibility index (Phi) is 3.89. The van der Waals surface area contributed by atoms with Crippen molar-refractivity contribution in [3.05, 3.63) is 51.7 Å². The molecule has 1 aromatic heterocycles. The Morgan fingerprint density at radius 2 is 2.00 bits per heavy atom. The van der Waals surface area contributed by atoms with Crippen molar-refractivity contribution < 1.29 is 4.79 Å². The lowest BCUT2D eigenvalue weighted by Crippen LogP contribution is -2.25. The molecule has 1 aromatic carbocycles. The van der Waals surface area contributed by atoms with E-state index in [1.54, 1.807) is 0 Å². The van der Waals surface area contributed by atoms with Crippen molar-refractivity contribution in [3.8, 4) is 6.07 Å². The number of anilines is 1. The lowest BCUT2D eigenvalue weighted by Gasteiger charge is -2.07. The number of benzene rings is 1. The van der Waals surface area contributed by atoms with Crippen molar-refractivity contribution in [2.24, 2.45) is 0 Å². The summed E-state index contributed by atoms with van der Waals surface area (Å²) in [6.45, 7) is 0.681. The van der Waals surface area contributed by atoms with E-state index in [1.807, 2.05) is 36.4 Å². The van der Waals surface area contributed by atoms with Gasteiger partial charge in [0.15, 0.2) is 0 Å². The first-order chi connectivity index (χ1) is 10.2. The van der Waals surface area contributed by atoms with E-state index in [-0.39, 0.29) is 5.91 Å². The number of nitrogens with zero attached hydrogens (tertiary/aromatic N) is 1. The van der Waals surface area contributed by atoms with Crippen LogP contribution in [0.15, 0.2) is 36.4 Å². The molecule has 1 heterocycles. The Balaban J connectivity index is 1.56. The molecule has 0 spiro atoms. The summed E-state index contributed by atoms with van der Waals surface area (Å²) in [4.78, 5) is 13.7. The van der Waals surface area contributed by atoms with Gasteiger partial charge in [-0.3, -0.25) is 4.79 Å². The molecule has 0 saturated heterocycles. The first-order valence-corrected chi connectivity index (χ1v) is 7.70. The zero-order valence-corrected chi connectivity index (χ0v) is 12.2. The molecule has 0 unspecified atom stereocenters. The predicted octanol–water partition coefficient (Wildman–Crippen LogP) is 3.12. The zero-order valence-electron chi connectivity index (χ0n) is 11.4. The van der Waals surface area contributed by atoms with E-state index in [0.29, 0.717) is 18.2 Å². The van der Waals surface area contributed by atoms with Gasteiger partial charge in [-0.05, 0) is 49.2 Å². The highest BCUT2D eigenvalue weighted by Gasteiger charge is 2.23. The van der Waals surface area contributed by atoms with Crippen molar-refractivity contribution in [1.82, 2.24) is 5.32 Å². The molecule has 0 bridgehead atoms. The number of hydrogen-bond acceptors (Lipinski definition) is 4. The maximum Gasteiger partial charge on any atom is 0.251 e. The standard InChI is InChI=1S/C16H15N3OS/c17-9-14-7-8-15(21-14)10-18-12-3-1-11(2-4-12)16(20)19-13-5-6-13/h1-4,7-8,13,18H,5-6,10H2,(H,19,20). The van der Waals surface area contributed by atoms with Gasteiger partial charge in [0.05, 0.1) is 0 Å². The predicted molar refractivity (Wildman–Crippen MR) is 83.3 cm³/mol. The highest BCUT2D eigenvalue weighted by Crippen LogP contribution is 2.20. The van der Waals surface area contributed by atoms with E-state index in [4.69, 9.17) is 5.26 Å². The van der Waals surface area contributed by atoms with Gasteiger partial charge in [0.25, 0.3) is 5.91 Å². The van der Waals surface area contributed by atoms with Crippen LogP contribution < -0.4 is 10.6 Å². The molecule has 1 aliphatic carbocycles. The second kappa shape index (κ2) is 5.98. The average Bonchev–Trinajstić information content (AvgIpc) is 3.20. The minimum Gasteiger partial charge on any atom is -0.380 e. The van der Waals surface area contributed by atoms with Crippen molar-refractivity contribution in [3.63, 3.8) is 0 Å². The highest BCUT2D eigenvalue weighted by atomic mass is 32.1. The van der Waals surface area contributed by atoms with E-state index >= 15 is 0 Å². The van der Waals surface area contributed by atoms with Crippen molar-refractivity contribution in [2.45, 2.75) is 25.4 Å². The van der Waals surface area contributed by atoms with Crippen molar-refractivity contribution in [2.75, 3.05) is 5.32 Å². The van der Waals surface area contributed by atoms with E-state index in [1.165, 1.54) is 11.3 Å². The zero-order chi connectivity index (χ0) is 14.7. The van der Waals surface area contributed by atoms with Gasteiger partial charge in [-0.1, -0.05) is 0 Å². The van der Waals surface area contributed by atoms with E-state index in [0.717, 1.165) is 28.3 Å². The molecular weight excluding hydrogens is 282 g/mol. The number of hydrogen-bond donors (Lipinski definition) is 2. The summed E-state index contributed by atoms with van der Waals surface area (Å²) in [6, 6.07) is 13.8. The lowest BCUT2D eigenvalue weighted by molar-refractivity contribution is 0.0951. The molecule has 2 N–H and O–H groups in total. The quantitative estimate of drug-likeness (QED) is 0.891. The van der Waals surface area contributed by atoms with Crippen LogP contribution >= 0.6 is 11.3 Å². The summed E-state index contributed by atoms with van der Waals surface area (Å²) in [5.74, 6) is 0.000897. The summed E-state index contributed by atoms with van der Waals surface area (Å²) in [6.07, 6.45) is 2.19. The van der Waals surface area contributed by atoms with Crippen molar-refractivity contribution in [1.29, 1.82) is 5.26 Å². The first-order valence-electron chi connectivity index (χ1n) is 6.88. The van der Waals surface area contributed by atoms with Crippen LogP contribution in [-0.4, -0.2) is 11.9 Å². The third-order valence-corrected chi connectivity index (χ3v) is 4.29. The first kappa shape index (κ1) is 13.7. The molecule has 1 fully saturated rings. The Hall–Kier alpha value is -2.32. The Morgan fingerprint density at radius 1 is 1.24 bits per heavy atom. The number of rotatable bonds is 5. The molecule has 106 valence electrons. The number of nitriles is 1. The van der Waals surface area contributed by atoms with Crippen LogP contribution in [0.25, 0.3) is 0 Å². The van der Waals surface area contributed by atoms with Crippen LogP contribution in [0.3, 0.4) is 0 Å². The molecule has 2 aromatic rings. The van der Waals surface area contributed by atoms with Gasteiger partial charge in [-0.15, -0.1) is 11.3 Å². The number of nitrogens with one attached hydrogen (secondary N) is 2. The van der Waals surface area contributed by atoms with Gasteiger partial charge in [0, 0.05) is 28.7 Å². The summed E-state index contributed by atoms with van der Waals surface area (Å²) in [5.41, 5.74) is 1.65. The summed E-state index contributed by atoms with van der Waals surface area (Å²) in [5, 5.41) is 15.0. The largest absolute Gasteiger partial charge is 0.380 e. The minimum absolute atomic E-state index is 0.000897. The monoisotopic (exact) mass is 297 g/mol. The van der Waals surface area contributed by atoms with Crippen LogP contribution in [0.4, 0.5) is 5.69 Å². The molecule has 1 saturated carbocycles. The molecule has 21 heavy (non-hydrogen) atoms. The average molecular weight is 297 g/mol. The van der Waals surface area contributed by atoms with E-state index in [9.17, 15) is 4.79 Å². The van der Waals surface area contributed by atoms with Crippen molar-refractivity contribution >= 4 is 22.9 Å². The smallest absolute Gasteiger partial charge is 0.251 e. The summed E-state index contributed by atoms with van der Waals surface area (Å²) < 4.78 is 0. The molecule has 0 radical (unpaired) electrons. The Bertz CT molecular complexity index is 680. The second-order valence-electron chi connectivity index (χ2n) is 5.06. The van der Waals surface area contributed by atoms with Gasteiger partial charge in [0.1, 0.15) is 10.9 Å². The molecule has 1 aliphatic rings. The van der Waals surface area contributed by atoms with Gasteiger partial charge >= 0.3 is 0 Å². The molecule has 5 heteroatoms. The fraction of sp³-hybridized carbons (Fsp3) is 0.250. The summed E-state index contributed by atoms with van der Waals surface area (Å²) in [7, 11) is 0. The fourth-order valence-corrected chi connectivity index (χ4v) is 2.70. The second-order valence-corrected chi connectivity index (χ2v) is 6.22. The Labute approximate surface area is 127 Å². The summed E-state index contributed by atoms with van der Waals surface area (Å²) >= 11 is 1.49. The number of amides is 1. The molecule has 3 rings (SSSR count). The topological polar surface area (TPSA) is 64.9 Å². The number of carbonyl (C=O) groups excluding carboxylic acids is 1. The van der Waals surface area contributed by atoms with Crippen LogP contribution in [0.5, 0.6) is 0 Å². The minimum atomic E-state index is 0.000897. The number of carbonyl (C=O) groups is 1. The third-order valence-electron chi connectivity index (χ3n) is 3.30. The van der Waals surface area contributed by atoms with Crippen LogP contribution in [0.1, 0.15) is 33.0 Å². The highest BCUT2D eigenvalue weighted by molar-refractivity contribution is 7.12. The van der Waals surface area contributed by atoms with Crippen LogP contribution in [0.2, 0.25) is 0 Å². The van der Waals surface area contributed by atoms with Gasteiger partial charge < -0.3 is 10.6 Å². The van der Waals surface area contributed by atoms with Gasteiger partial charge in [0.2, 0.25) is 0 Å². The lowest BCUT2D eigenvalue weighted by atomic mass is 10.2. The Morgan fingerprint density at radius 3 is 2.62 bits per heavy atom. The molecule has 0 atom stereocenters. The number of thiophene rings is 1. The normalized spacial score (nSPS) is 13.5. The van der Waals surface area contributed by atoms with Gasteiger partial charge in [-0.25, -0.2) is 0 Å². The third kappa shape index (κ3) is 3.61. The van der Waals surface area contributed by atoms with E-state index < -0.39 is 0 Å². The fourth-order valence-electron chi connectivity index (χ4n) is 1.96. The van der Waals surface area contributed by atoms with Gasteiger partial charge in [-0.2, -0.15) is 5.26 Å². The maximum absolute atomic E-state index is 11.9. The molecular formula is C16H15N3OS. The van der Waals surface area contributed by atoms with Crippen LogP contribution in [0, 0.1) is 11.3 Å². The van der Waals surface area contributed by atoms with Crippen LogP contribution in [-0.2, 0) is 6.54 Å². The maximum atomic E-state index is 11.9.